The zero-order chi connectivity index (χ0) is 13.4. The van der Waals surface area contributed by atoms with Crippen molar-refractivity contribution in [2.45, 2.75) is 37.5 Å². The van der Waals surface area contributed by atoms with E-state index in [9.17, 15) is 5.11 Å². The summed E-state index contributed by atoms with van der Waals surface area (Å²) in [6, 6.07) is 8.40. The first-order valence-corrected chi connectivity index (χ1v) is 7.26. The van der Waals surface area contributed by atoms with E-state index in [1.54, 1.807) is 11.8 Å². The SMILES string of the molecule is CNCc1ccc(SCC(O)COC(C)C)cc1. The molecular weight excluding hydrogens is 246 g/mol. The summed E-state index contributed by atoms with van der Waals surface area (Å²) in [5.74, 6) is 0.665. The molecule has 0 heterocycles. The van der Waals surface area contributed by atoms with Crippen LogP contribution in [-0.2, 0) is 11.3 Å². The Kier molecular flexibility index (Phi) is 7.35. The van der Waals surface area contributed by atoms with Gasteiger partial charge in [0.2, 0.25) is 0 Å². The van der Waals surface area contributed by atoms with Gasteiger partial charge in [-0.2, -0.15) is 0 Å². The fraction of sp³-hybridized carbons (Fsp3) is 0.571. The van der Waals surface area contributed by atoms with E-state index in [0.29, 0.717) is 12.4 Å². The molecule has 2 N–H and O–H groups in total. The Morgan fingerprint density at radius 1 is 1.28 bits per heavy atom. The average Bonchev–Trinajstić information content (AvgIpc) is 2.36. The third kappa shape index (κ3) is 6.40. The molecule has 0 aliphatic rings. The lowest BCUT2D eigenvalue weighted by Crippen LogP contribution is -2.20. The fourth-order valence-corrected chi connectivity index (χ4v) is 2.26. The number of thioether (sulfide) groups is 1. The minimum atomic E-state index is -0.408. The molecule has 1 unspecified atom stereocenters. The molecule has 0 spiro atoms. The summed E-state index contributed by atoms with van der Waals surface area (Å²) in [5.41, 5.74) is 1.27. The van der Waals surface area contributed by atoms with Gasteiger partial charge in [-0.05, 0) is 38.6 Å². The Morgan fingerprint density at radius 3 is 2.50 bits per heavy atom. The topological polar surface area (TPSA) is 41.5 Å². The molecule has 0 aliphatic carbocycles. The second-order valence-electron chi connectivity index (χ2n) is 4.52. The van der Waals surface area contributed by atoms with Crippen LogP contribution in [0.15, 0.2) is 29.2 Å². The number of ether oxygens (including phenoxy) is 1. The minimum absolute atomic E-state index is 0.172. The molecule has 0 aromatic heterocycles. The molecule has 0 saturated carbocycles. The van der Waals surface area contributed by atoms with Gasteiger partial charge in [-0.15, -0.1) is 11.8 Å². The lowest BCUT2D eigenvalue weighted by Gasteiger charge is -2.13. The van der Waals surface area contributed by atoms with Crippen molar-refractivity contribution in [3.63, 3.8) is 0 Å². The summed E-state index contributed by atoms with van der Waals surface area (Å²) in [6.07, 6.45) is -0.236. The van der Waals surface area contributed by atoms with Gasteiger partial charge < -0.3 is 15.2 Å². The van der Waals surface area contributed by atoms with E-state index in [-0.39, 0.29) is 6.10 Å². The van der Waals surface area contributed by atoms with Crippen LogP contribution in [0.25, 0.3) is 0 Å². The van der Waals surface area contributed by atoms with Crippen molar-refractivity contribution >= 4 is 11.8 Å². The molecule has 0 amide bonds. The molecule has 1 aromatic rings. The van der Waals surface area contributed by atoms with Crippen LogP contribution in [0.4, 0.5) is 0 Å². The van der Waals surface area contributed by atoms with Gasteiger partial charge in [0.1, 0.15) is 0 Å². The number of aliphatic hydroxyl groups excluding tert-OH is 1. The van der Waals surface area contributed by atoms with Crippen molar-refractivity contribution in [2.24, 2.45) is 0 Å². The molecule has 18 heavy (non-hydrogen) atoms. The number of hydrogen-bond donors (Lipinski definition) is 2. The molecule has 0 radical (unpaired) electrons. The zero-order valence-corrected chi connectivity index (χ0v) is 12.2. The normalized spacial score (nSPS) is 12.9. The molecule has 3 nitrogen and oxygen atoms in total. The van der Waals surface area contributed by atoms with Crippen LogP contribution in [0.1, 0.15) is 19.4 Å². The first-order valence-electron chi connectivity index (χ1n) is 6.28. The van der Waals surface area contributed by atoms with Crippen molar-refractivity contribution in [2.75, 3.05) is 19.4 Å². The number of rotatable bonds is 8. The Morgan fingerprint density at radius 2 is 1.94 bits per heavy atom. The van der Waals surface area contributed by atoms with Crippen molar-refractivity contribution in [1.82, 2.24) is 5.32 Å². The van der Waals surface area contributed by atoms with Gasteiger partial charge in [0.05, 0.1) is 18.8 Å². The highest BCUT2D eigenvalue weighted by Crippen LogP contribution is 2.19. The van der Waals surface area contributed by atoms with Gasteiger partial charge in [0.15, 0.2) is 0 Å². The van der Waals surface area contributed by atoms with E-state index >= 15 is 0 Å². The molecule has 4 heteroatoms. The molecule has 0 fully saturated rings. The highest BCUT2D eigenvalue weighted by Gasteiger charge is 2.06. The van der Waals surface area contributed by atoms with Crippen molar-refractivity contribution in [1.29, 1.82) is 0 Å². The van der Waals surface area contributed by atoms with E-state index in [0.717, 1.165) is 6.54 Å². The minimum Gasteiger partial charge on any atom is -0.390 e. The van der Waals surface area contributed by atoms with Gasteiger partial charge >= 0.3 is 0 Å². The van der Waals surface area contributed by atoms with Crippen LogP contribution in [0.5, 0.6) is 0 Å². The average molecular weight is 269 g/mol. The van der Waals surface area contributed by atoms with Gasteiger partial charge in [-0.1, -0.05) is 12.1 Å². The lowest BCUT2D eigenvalue weighted by molar-refractivity contribution is 0.0152. The summed E-state index contributed by atoms with van der Waals surface area (Å²) < 4.78 is 5.37. The first-order chi connectivity index (χ1) is 8.61. The van der Waals surface area contributed by atoms with E-state index < -0.39 is 6.10 Å². The van der Waals surface area contributed by atoms with Crippen molar-refractivity contribution < 1.29 is 9.84 Å². The number of nitrogens with one attached hydrogen (secondary N) is 1. The molecule has 102 valence electrons. The van der Waals surface area contributed by atoms with Gasteiger partial charge in [0.25, 0.3) is 0 Å². The quantitative estimate of drug-likeness (QED) is 0.711. The molecule has 0 bridgehead atoms. The van der Waals surface area contributed by atoms with Gasteiger partial charge in [0, 0.05) is 17.2 Å². The Hall–Kier alpha value is -0.550. The molecule has 1 rings (SSSR count). The largest absolute Gasteiger partial charge is 0.390 e. The van der Waals surface area contributed by atoms with E-state index in [1.165, 1.54) is 10.5 Å². The maximum absolute atomic E-state index is 9.74. The van der Waals surface area contributed by atoms with E-state index in [2.05, 4.69) is 29.6 Å². The number of benzene rings is 1. The fourth-order valence-electron chi connectivity index (χ4n) is 1.45. The van der Waals surface area contributed by atoms with Crippen LogP contribution < -0.4 is 5.32 Å². The third-order valence-corrected chi connectivity index (χ3v) is 3.53. The lowest BCUT2D eigenvalue weighted by atomic mass is 10.2. The number of hydrogen-bond acceptors (Lipinski definition) is 4. The summed E-state index contributed by atoms with van der Waals surface area (Å²) in [7, 11) is 1.94. The highest BCUT2D eigenvalue weighted by molar-refractivity contribution is 7.99. The predicted molar refractivity (Wildman–Crippen MR) is 77.0 cm³/mol. The van der Waals surface area contributed by atoms with Crippen LogP contribution in [0, 0.1) is 0 Å². The smallest absolute Gasteiger partial charge is 0.0867 e. The van der Waals surface area contributed by atoms with Crippen LogP contribution >= 0.6 is 11.8 Å². The van der Waals surface area contributed by atoms with E-state index in [1.807, 2.05) is 20.9 Å². The van der Waals surface area contributed by atoms with Gasteiger partial charge in [-0.3, -0.25) is 0 Å². The van der Waals surface area contributed by atoms with Crippen molar-refractivity contribution in [3.8, 4) is 0 Å². The Bertz CT molecular complexity index is 327. The Balaban J connectivity index is 2.29. The standard InChI is InChI=1S/C14H23NO2S/c1-11(2)17-9-13(16)10-18-14-6-4-12(5-7-14)8-15-3/h4-7,11,13,15-16H,8-10H2,1-3H3. The third-order valence-electron chi connectivity index (χ3n) is 2.37. The summed E-state index contributed by atoms with van der Waals surface area (Å²) >= 11 is 1.66. The predicted octanol–water partition coefficient (Wildman–Crippen LogP) is 2.28. The second kappa shape index (κ2) is 8.53. The molecule has 1 atom stereocenters. The first kappa shape index (κ1) is 15.5. The molecule has 1 aromatic carbocycles. The highest BCUT2D eigenvalue weighted by atomic mass is 32.2. The summed E-state index contributed by atoms with van der Waals surface area (Å²) in [4.78, 5) is 1.18. The summed E-state index contributed by atoms with van der Waals surface area (Å²) in [5, 5.41) is 12.9. The van der Waals surface area contributed by atoms with E-state index in [4.69, 9.17) is 4.74 Å². The van der Waals surface area contributed by atoms with Crippen LogP contribution in [-0.4, -0.2) is 36.7 Å². The van der Waals surface area contributed by atoms with Gasteiger partial charge in [-0.25, -0.2) is 0 Å². The molecule has 0 aliphatic heterocycles. The zero-order valence-electron chi connectivity index (χ0n) is 11.3. The number of aliphatic hydroxyl groups is 1. The maximum atomic E-state index is 9.74. The molecule has 0 saturated heterocycles. The Labute approximate surface area is 114 Å². The van der Waals surface area contributed by atoms with Crippen LogP contribution in [0.3, 0.4) is 0 Å². The van der Waals surface area contributed by atoms with Crippen LogP contribution in [0.2, 0.25) is 0 Å². The second-order valence-corrected chi connectivity index (χ2v) is 5.61. The van der Waals surface area contributed by atoms with Crippen molar-refractivity contribution in [3.05, 3.63) is 29.8 Å². The summed E-state index contributed by atoms with van der Waals surface area (Å²) in [6.45, 7) is 5.24. The monoisotopic (exact) mass is 269 g/mol. The molecular formula is C14H23NO2S. The maximum Gasteiger partial charge on any atom is 0.0867 e.